The summed E-state index contributed by atoms with van der Waals surface area (Å²) < 4.78 is 33.9. The third kappa shape index (κ3) is 2.72. The van der Waals surface area contributed by atoms with Gasteiger partial charge in [-0.25, -0.2) is 4.79 Å². The molecule has 0 aromatic rings. The fraction of sp³-hybridized carbons (Fsp3) is 0.818. The molecule has 1 aliphatic heterocycles. The summed E-state index contributed by atoms with van der Waals surface area (Å²) in [5, 5.41) is 9.37. The molecule has 8 heteroatoms. The average Bonchev–Trinajstić information content (AvgIpc) is 2.83. The van der Waals surface area contributed by atoms with Gasteiger partial charge in [0.25, 0.3) is 0 Å². The van der Waals surface area contributed by atoms with E-state index in [0.29, 0.717) is 12.8 Å². The lowest BCUT2D eigenvalue weighted by atomic mass is 9.95. The number of carbonyl (C=O) groups is 2. The summed E-state index contributed by atoms with van der Waals surface area (Å²) in [5.41, 5.74) is -1.22. The van der Waals surface area contributed by atoms with E-state index in [1.165, 1.54) is 4.90 Å². The Hall–Kier alpha value is -1.18. The molecule has 1 saturated heterocycles. The van der Waals surface area contributed by atoms with Crippen molar-refractivity contribution in [3.05, 3.63) is 0 Å². The summed E-state index contributed by atoms with van der Waals surface area (Å²) in [6.45, 7) is 0.00822. The fourth-order valence-corrected chi connectivity index (χ4v) is 3.93. The van der Waals surface area contributed by atoms with Crippen LogP contribution >= 0.6 is 0 Å². The number of carboxylic acid groups (broad SMARTS) is 1. The maximum atomic E-state index is 12.7. The van der Waals surface area contributed by atoms with Crippen LogP contribution in [0.15, 0.2) is 0 Å². The number of hydrogen-bond acceptors (Lipinski definition) is 4. The van der Waals surface area contributed by atoms with Crippen molar-refractivity contribution in [2.24, 2.45) is 5.92 Å². The highest BCUT2D eigenvalue weighted by Crippen LogP contribution is 2.39. The number of rotatable bonds is 4. The largest absolute Gasteiger partial charge is 0.479 e. The maximum absolute atomic E-state index is 12.7. The highest BCUT2D eigenvalue weighted by molar-refractivity contribution is 7.86. The lowest BCUT2D eigenvalue weighted by Crippen LogP contribution is -2.53. The molecule has 2 fully saturated rings. The molecule has 2 aliphatic rings. The van der Waals surface area contributed by atoms with E-state index in [2.05, 4.69) is 0 Å². The Bertz CT molecular complexity index is 497. The molecule has 0 bridgehead atoms. The van der Waals surface area contributed by atoms with Gasteiger partial charge in [-0.15, -0.1) is 3.89 Å². The van der Waals surface area contributed by atoms with Crippen LogP contribution in [-0.4, -0.2) is 48.1 Å². The number of aliphatic carboxylic acids is 1. The van der Waals surface area contributed by atoms with Gasteiger partial charge in [-0.1, -0.05) is 12.8 Å². The van der Waals surface area contributed by atoms with E-state index in [9.17, 15) is 27.0 Å². The smallest absolute Gasteiger partial charge is 0.329 e. The summed E-state index contributed by atoms with van der Waals surface area (Å²) in [6.07, 6.45) is 2.11. The second-order valence-electron chi connectivity index (χ2n) is 5.32. The molecule has 1 amide bonds. The van der Waals surface area contributed by atoms with Gasteiger partial charge >= 0.3 is 16.2 Å². The van der Waals surface area contributed by atoms with Crippen molar-refractivity contribution in [1.29, 1.82) is 0 Å². The van der Waals surface area contributed by atoms with Crippen LogP contribution in [0.1, 0.15) is 32.1 Å². The molecule has 0 radical (unpaired) electrons. The predicted octanol–water partition coefficient (Wildman–Crippen LogP) is 0.532. The maximum Gasteiger partial charge on any atom is 0.329 e. The van der Waals surface area contributed by atoms with E-state index >= 15 is 0 Å². The summed E-state index contributed by atoms with van der Waals surface area (Å²) in [4.78, 5) is 24.6. The molecule has 6 nitrogen and oxygen atoms in total. The van der Waals surface area contributed by atoms with Crippen molar-refractivity contribution < 1.29 is 27.0 Å². The predicted molar refractivity (Wildman–Crippen MR) is 63.5 cm³/mol. The summed E-state index contributed by atoms with van der Waals surface area (Å²) in [6, 6.07) is 0. The van der Waals surface area contributed by atoms with Gasteiger partial charge in [0.15, 0.2) is 0 Å². The van der Waals surface area contributed by atoms with Gasteiger partial charge in [-0.2, -0.15) is 8.42 Å². The van der Waals surface area contributed by atoms with Gasteiger partial charge in [0.2, 0.25) is 5.91 Å². The van der Waals surface area contributed by atoms with Crippen LogP contribution in [-0.2, 0) is 19.8 Å². The zero-order valence-corrected chi connectivity index (χ0v) is 11.2. The molecule has 19 heavy (non-hydrogen) atoms. The Labute approximate surface area is 110 Å². The second kappa shape index (κ2) is 4.73. The van der Waals surface area contributed by atoms with Crippen LogP contribution in [0.25, 0.3) is 0 Å². The minimum absolute atomic E-state index is 0.00822. The van der Waals surface area contributed by atoms with Gasteiger partial charge in [-0.3, -0.25) is 4.79 Å². The van der Waals surface area contributed by atoms with Crippen LogP contribution in [0.3, 0.4) is 0 Å². The number of nitrogens with zero attached hydrogens (tertiary/aromatic N) is 1. The van der Waals surface area contributed by atoms with Gasteiger partial charge in [0.05, 0.1) is 5.75 Å². The Morgan fingerprint density at radius 3 is 2.47 bits per heavy atom. The minimum Gasteiger partial charge on any atom is -0.479 e. The number of halogens is 1. The van der Waals surface area contributed by atoms with Crippen LogP contribution < -0.4 is 0 Å². The van der Waals surface area contributed by atoms with Gasteiger partial charge in [0.1, 0.15) is 5.54 Å². The normalized spacial score (nSPS) is 26.9. The molecule has 1 heterocycles. The third-order valence-electron chi connectivity index (χ3n) is 3.99. The molecule has 1 N–H and O–H groups in total. The third-order valence-corrected chi connectivity index (χ3v) is 4.85. The lowest BCUT2D eigenvalue weighted by Gasteiger charge is -2.34. The summed E-state index contributed by atoms with van der Waals surface area (Å²) in [5.74, 6) is -2.82. The first kappa shape index (κ1) is 14.2. The zero-order chi connectivity index (χ0) is 14.3. The number of carboxylic acids is 1. The Morgan fingerprint density at radius 2 is 2.00 bits per heavy atom. The van der Waals surface area contributed by atoms with Crippen LogP contribution in [0.5, 0.6) is 0 Å². The standard InChI is InChI=1S/C11H16FNO5S/c12-19(17,18)7-8-5-9(14)13(6-8)11(10(15)16)3-1-2-4-11/h8H,1-7H2,(H,15,16). The molecular formula is C11H16FNO5S. The number of hydrogen-bond donors (Lipinski definition) is 1. The number of amides is 1. The molecule has 1 aliphatic carbocycles. The second-order valence-corrected chi connectivity index (χ2v) is 6.73. The topological polar surface area (TPSA) is 91.8 Å². The van der Waals surface area contributed by atoms with Gasteiger partial charge in [-0.05, 0) is 12.8 Å². The first-order valence-corrected chi connectivity index (χ1v) is 7.76. The van der Waals surface area contributed by atoms with Crippen molar-refractivity contribution in [2.45, 2.75) is 37.6 Å². The quantitative estimate of drug-likeness (QED) is 0.763. The van der Waals surface area contributed by atoms with Crippen LogP contribution in [0.4, 0.5) is 3.89 Å². The van der Waals surface area contributed by atoms with Crippen molar-refractivity contribution in [1.82, 2.24) is 4.90 Å². The molecule has 1 unspecified atom stereocenters. The Kier molecular flexibility index (Phi) is 3.55. The fourth-order valence-electron chi connectivity index (χ4n) is 3.15. The van der Waals surface area contributed by atoms with Gasteiger partial charge < -0.3 is 10.0 Å². The molecule has 1 saturated carbocycles. The van der Waals surface area contributed by atoms with E-state index in [1.54, 1.807) is 0 Å². The first-order chi connectivity index (χ1) is 8.74. The Morgan fingerprint density at radius 1 is 1.42 bits per heavy atom. The monoisotopic (exact) mass is 293 g/mol. The number of carbonyl (C=O) groups excluding carboxylic acids is 1. The lowest BCUT2D eigenvalue weighted by molar-refractivity contribution is -0.156. The first-order valence-electron chi connectivity index (χ1n) is 6.21. The van der Waals surface area contributed by atoms with Crippen LogP contribution in [0.2, 0.25) is 0 Å². The number of likely N-dealkylation sites (tertiary alicyclic amines) is 1. The van der Waals surface area contributed by atoms with E-state index < -0.39 is 39.3 Å². The zero-order valence-electron chi connectivity index (χ0n) is 10.3. The van der Waals surface area contributed by atoms with E-state index in [0.717, 1.165) is 12.8 Å². The average molecular weight is 293 g/mol. The van der Waals surface area contributed by atoms with Crippen LogP contribution in [0, 0.1) is 5.92 Å². The summed E-state index contributed by atoms with van der Waals surface area (Å²) >= 11 is 0. The highest BCUT2D eigenvalue weighted by atomic mass is 32.3. The van der Waals surface area contributed by atoms with E-state index in [1.807, 2.05) is 0 Å². The molecular weight excluding hydrogens is 277 g/mol. The van der Waals surface area contributed by atoms with Gasteiger partial charge in [0, 0.05) is 18.9 Å². The Balaban J connectivity index is 2.17. The van der Waals surface area contributed by atoms with Crippen molar-refractivity contribution in [3.8, 4) is 0 Å². The van der Waals surface area contributed by atoms with E-state index in [-0.39, 0.29) is 13.0 Å². The highest BCUT2D eigenvalue weighted by Gasteiger charge is 2.51. The SMILES string of the molecule is O=C1CC(CS(=O)(=O)F)CN1C1(C(=O)O)CCCC1. The molecule has 2 rings (SSSR count). The molecule has 0 aromatic heterocycles. The van der Waals surface area contributed by atoms with E-state index in [4.69, 9.17) is 0 Å². The summed E-state index contributed by atoms with van der Waals surface area (Å²) in [7, 11) is -4.64. The molecule has 0 aromatic carbocycles. The minimum atomic E-state index is -4.64. The molecule has 0 spiro atoms. The molecule has 108 valence electrons. The van der Waals surface area contributed by atoms with Crippen molar-refractivity contribution in [3.63, 3.8) is 0 Å². The van der Waals surface area contributed by atoms with Crippen molar-refractivity contribution >= 4 is 22.1 Å². The van der Waals surface area contributed by atoms with Crippen molar-refractivity contribution in [2.75, 3.05) is 12.3 Å². The molecule has 1 atom stereocenters.